The first kappa shape index (κ1) is 13.7. The molecule has 1 saturated carbocycles. The Bertz CT molecular complexity index is 307. The molecular formula is C14H26N2O2. The Kier molecular flexibility index (Phi) is 3.85. The van der Waals surface area contributed by atoms with Crippen molar-refractivity contribution in [3.63, 3.8) is 0 Å². The number of hydrogen-bond donors (Lipinski definition) is 1. The quantitative estimate of drug-likeness (QED) is 0.823. The SMILES string of the molecule is CC(C)(C)OC(=O)N1CCC(CN)C1C1CCC1. The predicted octanol–water partition coefficient (Wildman–Crippen LogP) is 2.37. The first-order valence-electron chi connectivity index (χ1n) is 7.12. The number of nitrogens with zero attached hydrogens (tertiary/aromatic N) is 1. The van der Waals surface area contributed by atoms with Gasteiger partial charge in [0.15, 0.2) is 0 Å². The minimum atomic E-state index is -0.415. The van der Waals surface area contributed by atoms with Crippen LogP contribution in [0.3, 0.4) is 0 Å². The third-order valence-corrected chi connectivity index (χ3v) is 4.15. The van der Waals surface area contributed by atoms with Crippen LogP contribution in [-0.2, 0) is 4.74 Å². The summed E-state index contributed by atoms with van der Waals surface area (Å²) in [6.45, 7) is 7.23. The number of hydrogen-bond acceptors (Lipinski definition) is 3. The summed E-state index contributed by atoms with van der Waals surface area (Å²) in [7, 11) is 0. The molecule has 2 aliphatic rings. The van der Waals surface area contributed by atoms with Crippen LogP contribution in [-0.4, -0.2) is 35.7 Å². The molecule has 0 aromatic heterocycles. The zero-order valence-electron chi connectivity index (χ0n) is 11.8. The largest absolute Gasteiger partial charge is 0.444 e. The van der Waals surface area contributed by atoms with Gasteiger partial charge in [-0.05, 0) is 58.4 Å². The Morgan fingerprint density at radius 3 is 2.44 bits per heavy atom. The fourth-order valence-corrected chi connectivity index (χ4v) is 3.09. The summed E-state index contributed by atoms with van der Waals surface area (Å²) in [5.41, 5.74) is 5.44. The van der Waals surface area contributed by atoms with Crippen LogP contribution in [0.1, 0.15) is 46.5 Å². The van der Waals surface area contributed by atoms with Crippen molar-refractivity contribution < 1.29 is 9.53 Å². The summed E-state index contributed by atoms with van der Waals surface area (Å²) in [6, 6.07) is 0.318. The third-order valence-electron chi connectivity index (χ3n) is 4.15. The lowest BCUT2D eigenvalue weighted by Crippen LogP contribution is -2.48. The normalized spacial score (nSPS) is 29.2. The van der Waals surface area contributed by atoms with Crippen molar-refractivity contribution in [2.75, 3.05) is 13.1 Å². The Balaban J connectivity index is 2.04. The van der Waals surface area contributed by atoms with Gasteiger partial charge in [0.25, 0.3) is 0 Å². The molecule has 18 heavy (non-hydrogen) atoms. The topological polar surface area (TPSA) is 55.6 Å². The fourth-order valence-electron chi connectivity index (χ4n) is 3.09. The van der Waals surface area contributed by atoms with Crippen LogP contribution in [0.5, 0.6) is 0 Å². The molecular weight excluding hydrogens is 228 g/mol. The number of nitrogens with two attached hydrogens (primary N) is 1. The number of carbonyl (C=O) groups is 1. The van der Waals surface area contributed by atoms with Gasteiger partial charge in [-0.1, -0.05) is 6.42 Å². The van der Waals surface area contributed by atoms with E-state index >= 15 is 0 Å². The van der Waals surface area contributed by atoms with Gasteiger partial charge in [-0.3, -0.25) is 0 Å². The van der Waals surface area contributed by atoms with Crippen molar-refractivity contribution >= 4 is 6.09 Å². The maximum absolute atomic E-state index is 12.2. The molecule has 2 fully saturated rings. The Morgan fingerprint density at radius 1 is 1.33 bits per heavy atom. The first-order chi connectivity index (χ1) is 8.42. The molecule has 0 bridgehead atoms. The van der Waals surface area contributed by atoms with Gasteiger partial charge >= 0.3 is 6.09 Å². The van der Waals surface area contributed by atoms with Crippen LogP contribution in [0.15, 0.2) is 0 Å². The zero-order chi connectivity index (χ0) is 13.3. The van der Waals surface area contributed by atoms with E-state index in [-0.39, 0.29) is 6.09 Å². The Labute approximate surface area is 110 Å². The lowest BCUT2D eigenvalue weighted by Gasteiger charge is -2.39. The Hall–Kier alpha value is -0.770. The fraction of sp³-hybridized carbons (Fsp3) is 0.929. The average molecular weight is 254 g/mol. The van der Waals surface area contributed by atoms with Gasteiger partial charge in [-0.2, -0.15) is 0 Å². The molecule has 1 amide bonds. The molecule has 2 atom stereocenters. The summed E-state index contributed by atoms with van der Waals surface area (Å²) >= 11 is 0. The minimum absolute atomic E-state index is 0.157. The smallest absolute Gasteiger partial charge is 0.410 e. The summed E-state index contributed by atoms with van der Waals surface area (Å²) in [5.74, 6) is 1.11. The van der Waals surface area contributed by atoms with Crippen molar-refractivity contribution in [2.45, 2.75) is 58.1 Å². The predicted molar refractivity (Wildman–Crippen MR) is 71.2 cm³/mol. The maximum Gasteiger partial charge on any atom is 0.410 e. The molecule has 2 unspecified atom stereocenters. The number of carbonyl (C=O) groups excluding carboxylic acids is 1. The van der Waals surface area contributed by atoms with Crippen LogP contribution in [0, 0.1) is 11.8 Å². The van der Waals surface area contributed by atoms with Crippen molar-refractivity contribution in [3.05, 3.63) is 0 Å². The van der Waals surface area contributed by atoms with Gasteiger partial charge in [0, 0.05) is 12.6 Å². The third kappa shape index (κ3) is 2.79. The monoisotopic (exact) mass is 254 g/mol. The summed E-state index contributed by atoms with van der Waals surface area (Å²) in [4.78, 5) is 14.2. The molecule has 4 nitrogen and oxygen atoms in total. The number of amides is 1. The van der Waals surface area contributed by atoms with E-state index in [0.717, 1.165) is 13.0 Å². The van der Waals surface area contributed by atoms with Crippen molar-refractivity contribution in [2.24, 2.45) is 17.6 Å². The van der Waals surface area contributed by atoms with Crippen LogP contribution in [0.25, 0.3) is 0 Å². The summed E-state index contributed by atoms with van der Waals surface area (Å²) in [5, 5.41) is 0. The van der Waals surface area contributed by atoms with Gasteiger partial charge in [0.1, 0.15) is 5.60 Å². The second-order valence-corrected chi connectivity index (χ2v) is 6.64. The molecule has 0 spiro atoms. The lowest BCUT2D eigenvalue weighted by atomic mass is 9.75. The van der Waals surface area contributed by atoms with Crippen LogP contribution < -0.4 is 5.73 Å². The molecule has 2 rings (SSSR count). The second kappa shape index (κ2) is 5.08. The van der Waals surface area contributed by atoms with E-state index in [9.17, 15) is 4.79 Å². The average Bonchev–Trinajstić information content (AvgIpc) is 2.56. The van der Waals surface area contributed by atoms with Crippen LogP contribution in [0.4, 0.5) is 4.79 Å². The van der Waals surface area contributed by atoms with Gasteiger partial charge in [-0.25, -0.2) is 4.79 Å². The highest BCUT2D eigenvalue weighted by Crippen LogP contribution is 2.40. The van der Waals surface area contributed by atoms with Gasteiger partial charge in [-0.15, -0.1) is 0 Å². The highest BCUT2D eigenvalue weighted by Gasteiger charge is 2.44. The van der Waals surface area contributed by atoms with Crippen LogP contribution in [0.2, 0.25) is 0 Å². The van der Waals surface area contributed by atoms with E-state index < -0.39 is 5.60 Å². The van der Waals surface area contributed by atoms with Gasteiger partial charge in [0.2, 0.25) is 0 Å². The first-order valence-corrected chi connectivity index (χ1v) is 7.12. The van der Waals surface area contributed by atoms with E-state index in [1.807, 2.05) is 25.7 Å². The van der Waals surface area contributed by atoms with E-state index in [1.165, 1.54) is 19.3 Å². The summed E-state index contributed by atoms with van der Waals surface area (Å²) < 4.78 is 5.51. The van der Waals surface area contributed by atoms with E-state index in [2.05, 4.69) is 0 Å². The number of ether oxygens (including phenoxy) is 1. The minimum Gasteiger partial charge on any atom is -0.444 e. The highest BCUT2D eigenvalue weighted by molar-refractivity contribution is 5.69. The molecule has 1 aliphatic carbocycles. The standard InChI is InChI=1S/C14H26N2O2/c1-14(2,3)18-13(17)16-8-7-11(9-15)12(16)10-5-4-6-10/h10-12H,4-9,15H2,1-3H3. The molecule has 0 radical (unpaired) electrons. The van der Waals surface area contributed by atoms with Crippen molar-refractivity contribution in [1.29, 1.82) is 0 Å². The molecule has 1 heterocycles. The lowest BCUT2D eigenvalue weighted by molar-refractivity contribution is 0.00903. The van der Waals surface area contributed by atoms with Crippen molar-refractivity contribution in [3.8, 4) is 0 Å². The maximum atomic E-state index is 12.2. The number of likely N-dealkylation sites (tertiary alicyclic amines) is 1. The molecule has 2 N–H and O–H groups in total. The Morgan fingerprint density at radius 2 is 2.00 bits per heavy atom. The molecule has 1 aliphatic heterocycles. The second-order valence-electron chi connectivity index (χ2n) is 6.64. The highest BCUT2D eigenvalue weighted by atomic mass is 16.6. The van der Waals surface area contributed by atoms with Gasteiger partial charge < -0.3 is 15.4 Å². The molecule has 0 aromatic rings. The van der Waals surface area contributed by atoms with Crippen molar-refractivity contribution in [1.82, 2.24) is 4.90 Å². The zero-order valence-corrected chi connectivity index (χ0v) is 11.8. The molecule has 104 valence electrons. The van der Waals surface area contributed by atoms with E-state index in [1.54, 1.807) is 0 Å². The molecule has 0 aromatic carbocycles. The number of rotatable bonds is 2. The summed E-state index contributed by atoms with van der Waals surface area (Å²) in [6.07, 6.45) is 4.63. The van der Waals surface area contributed by atoms with E-state index in [4.69, 9.17) is 10.5 Å². The molecule has 4 heteroatoms. The van der Waals surface area contributed by atoms with Crippen LogP contribution >= 0.6 is 0 Å². The van der Waals surface area contributed by atoms with Gasteiger partial charge in [0.05, 0.1) is 0 Å². The molecule has 1 saturated heterocycles. The van der Waals surface area contributed by atoms with E-state index in [0.29, 0.717) is 24.4 Å².